The number of alkyl carbamates (subject to hydrolysis) is 1. The molecule has 1 aromatic rings. The van der Waals surface area contributed by atoms with Gasteiger partial charge in [0.25, 0.3) is 0 Å². The van der Waals surface area contributed by atoms with Gasteiger partial charge in [0.15, 0.2) is 0 Å². The fourth-order valence-electron chi connectivity index (χ4n) is 1.67. The fourth-order valence-corrected chi connectivity index (χ4v) is 2.20. The van der Waals surface area contributed by atoms with Crippen LogP contribution in [0.15, 0.2) is 22.7 Å². The summed E-state index contributed by atoms with van der Waals surface area (Å²) >= 11 is 3.47. The minimum absolute atomic E-state index is 0. The third-order valence-corrected chi connectivity index (χ3v) is 3.23. The first-order valence-corrected chi connectivity index (χ1v) is 5.76. The lowest BCUT2D eigenvalue weighted by atomic mass is 10.0. The van der Waals surface area contributed by atoms with Crippen LogP contribution in [0.1, 0.15) is 18.0 Å². The molecule has 4 nitrogen and oxygen atoms in total. The molecule has 94 valence electrons. The molecule has 0 aromatic heterocycles. The Labute approximate surface area is 114 Å². The van der Waals surface area contributed by atoms with E-state index in [0.717, 1.165) is 22.2 Å². The van der Waals surface area contributed by atoms with Gasteiger partial charge in [0.05, 0.1) is 19.8 Å². The van der Waals surface area contributed by atoms with Crippen molar-refractivity contribution in [1.82, 2.24) is 5.32 Å². The Hall–Kier alpha value is -0.940. The van der Waals surface area contributed by atoms with Crippen molar-refractivity contribution in [2.75, 3.05) is 13.7 Å². The van der Waals surface area contributed by atoms with E-state index in [9.17, 15) is 4.79 Å². The molecule has 1 aromatic carbocycles. The topological polar surface area (TPSA) is 47.6 Å². The molecular weight excluding hydrogens is 309 g/mol. The maximum Gasteiger partial charge on any atom is 0.407 e. The van der Waals surface area contributed by atoms with Crippen LogP contribution in [-0.2, 0) is 4.74 Å². The maximum absolute atomic E-state index is 11.1. The van der Waals surface area contributed by atoms with E-state index in [1.165, 1.54) is 0 Å². The van der Waals surface area contributed by atoms with E-state index in [1.54, 1.807) is 7.11 Å². The van der Waals surface area contributed by atoms with Crippen molar-refractivity contribution in [3.63, 3.8) is 0 Å². The van der Waals surface area contributed by atoms with E-state index in [-0.39, 0.29) is 24.5 Å². The average Bonchev–Trinajstić information content (AvgIpc) is 2.30. The van der Waals surface area contributed by atoms with Gasteiger partial charge in [-0.1, -0.05) is 15.9 Å². The van der Waals surface area contributed by atoms with Crippen molar-refractivity contribution in [2.45, 2.75) is 12.5 Å². The summed E-state index contributed by atoms with van der Waals surface area (Å²) in [5.41, 5.74) is 1.01. The zero-order valence-corrected chi connectivity index (χ0v) is 11.6. The molecule has 2 rings (SSSR count). The number of cyclic esters (lactones) is 1. The molecule has 6 heteroatoms. The largest absolute Gasteiger partial charge is 0.497 e. The zero-order chi connectivity index (χ0) is 11.5. The normalized spacial score (nSPS) is 18.7. The van der Waals surface area contributed by atoms with Crippen LogP contribution in [0.25, 0.3) is 0 Å². The first kappa shape index (κ1) is 14.1. The summed E-state index contributed by atoms with van der Waals surface area (Å²) in [5.74, 6) is 0.777. The predicted octanol–water partition coefficient (Wildman–Crippen LogP) is 3.05. The Kier molecular flexibility index (Phi) is 5.08. The molecule has 1 aliphatic heterocycles. The smallest absolute Gasteiger partial charge is 0.407 e. The minimum Gasteiger partial charge on any atom is -0.497 e. The fraction of sp³-hybridized carbons (Fsp3) is 0.364. The van der Waals surface area contributed by atoms with Crippen LogP contribution < -0.4 is 10.1 Å². The Morgan fingerprint density at radius 1 is 1.53 bits per heavy atom. The predicted molar refractivity (Wildman–Crippen MR) is 69.8 cm³/mol. The van der Waals surface area contributed by atoms with E-state index in [1.807, 2.05) is 18.2 Å². The number of benzene rings is 1. The van der Waals surface area contributed by atoms with Gasteiger partial charge in [-0.2, -0.15) is 0 Å². The summed E-state index contributed by atoms with van der Waals surface area (Å²) in [4.78, 5) is 11.1. The quantitative estimate of drug-likeness (QED) is 0.910. The van der Waals surface area contributed by atoms with Crippen LogP contribution in [0.2, 0.25) is 0 Å². The lowest BCUT2D eigenvalue weighted by Crippen LogP contribution is -2.35. The number of ether oxygens (including phenoxy) is 2. The zero-order valence-electron chi connectivity index (χ0n) is 9.23. The molecule has 0 saturated carbocycles. The second-order valence-electron chi connectivity index (χ2n) is 3.51. The molecule has 1 amide bonds. The lowest BCUT2D eigenvalue weighted by molar-refractivity contribution is 0.115. The summed E-state index contributed by atoms with van der Waals surface area (Å²) < 4.78 is 11.0. The van der Waals surface area contributed by atoms with Crippen molar-refractivity contribution in [3.8, 4) is 5.75 Å². The maximum atomic E-state index is 11.1. The number of amides is 1. The molecule has 0 unspecified atom stereocenters. The molecule has 1 saturated heterocycles. The van der Waals surface area contributed by atoms with Gasteiger partial charge in [0.1, 0.15) is 5.75 Å². The molecule has 0 bridgehead atoms. The molecule has 1 N–H and O–H groups in total. The van der Waals surface area contributed by atoms with Crippen LogP contribution >= 0.6 is 28.3 Å². The summed E-state index contributed by atoms with van der Waals surface area (Å²) in [6, 6.07) is 5.68. The number of carbonyl (C=O) groups is 1. The van der Waals surface area contributed by atoms with Crippen molar-refractivity contribution in [2.24, 2.45) is 0 Å². The molecule has 1 atom stereocenters. The number of hydrogen-bond donors (Lipinski definition) is 1. The van der Waals surface area contributed by atoms with E-state index in [0.29, 0.717) is 6.61 Å². The van der Waals surface area contributed by atoms with E-state index >= 15 is 0 Å². The van der Waals surface area contributed by atoms with E-state index in [4.69, 9.17) is 9.47 Å². The Morgan fingerprint density at radius 2 is 2.29 bits per heavy atom. The third-order valence-electron chi connectivity index (χ3n) is 2.51. The summed E-state index contributed by atoms with van der Waals surface area (Å²) in [6.07, 6.45) is 0.392. The molecule has 0 radical (unpaired) electrons. The molecule has 1 aliphatic rings. The van der Waals surface area contributed by atoms with Gasteiger partial charge in [-0.25, -0.2) is 4.79 Å². The number of nitrogens with one attached hydrogen (secondary N) is 1. The van der Waals surface area contributed by atoms with Gasteiger partial charge in [0, 0.05) is 10.9 Å². The third kappa shape index (κ3) is 3.26. The number of carbonyl (C=O) groups excluding carboxylic acids is 1. The lowest BCUT2D eigenvalue weighted by Gasteiger charge is -2.24. The monoisotopic (exact) mass is 321 g/mol. The standard InChI is InChI=1S/C11H12BrNO3.ClH/c1-15-7-2-3-9(12)8(6-7)10-4-5-16-11(14)13-10;/h2-3,6,10H,4-5H2,1H3,(H,13,14);1H/t10-;/m0./s1. The summed E-state index contributed by atoms with van der Waals surface area (Å²) in [6.45, 7) is 0.445. The van der Waals surface area contributed by atoms with Crippen LogP contribution in [0, 0.1) is 0 Å². The van der Waals surface area contributed by atoms with Gasteiger partial charge in [-0.15, -0.1) is 12.4 Å². The van der Waals surface area contributed by atoms with Crippen molar-refractivity contribution in [3.05, 3.63) is 28.2 Å². The second-order valence-corrected chi connectivity index (χ2v) is 4.36. The van der Waals surface area contributed by atoms with E-state index < -0.39 is 0 Å². The van der Waals surface area contributed by atoms with E-state index in [2.05, 4.69) is 21.2 Å². The second kappa shape index (κ2) is 6.12. The number of hydrogen-bond acceptors (Lipinski definition) is 3. The van der Waals surface area contributed by atoms with Gasteiger partial charge in [-0.3, -0.25) is 0 Å². The van der Waals surface area contributed by atoms with Gasteiger partial charge in [0.2, 0.25) is 0 Å². The Balaban J connectivity index is 0.00000144. The number of halogens is 2. The number of methoxy groups -OCH3 is 1. The molecule has 1 heterocycles. The highest BCUT2D eigenvalue weighted by Crippen LogP contribution is 2.30. The summed E-state index contributed by atoms with van der Waals surface area (Å²) in [7, 11) is 1.62. The Bertz CT molecular complexity index is 414. The first-order valence-electron chi connectivity index (χ1n) is 4.97. The highest BCUT2D eigenvalue weighted by molar-refractivity contribution is 9.10. The Morgan fingerprint density at radius 3 is 2.94 bits per heavy atom. The van der Waals surface area contributed by atoms with Crippen molar-refractivity contribution < 1.29 is 14.3 Å². The van der Waals surface area contributed by atoms with Crippen LogP contribution in [0.3, 0.4) is 0 Å². The molecule has 1 fully saturated rings. The SMILES string of the molecule is COc1ccc(Br)c([C@@H]2CCOC(=O)N2)c1.Cl. The molecule has 0 aliphatic carbocycles. The van der Waals surface area contributed by atoms with Crippen molar-refractivity contribution in [1.29, 1.82) is 0 Å². The van der Waals surface area contributed by atoms with Gasteiger partial charge in [-0.05, 0) is 23.8 Å². The molecule has 17 heavy (non-hydrogen) atoms. The van der Waals surface area contributed by atoms with Crippen LogP contribution in [-0.4, -0.2) is 19.8 Å². The summed E-state index contributed by atoms with van der Waals surface area (Å²) in [5, 5.41) is 2.78. The van der Waals surface area contributed by atoms with Gasteiger partial charge >= 0.3 is 6.09 Å². The molecular formula is C11H13BrClNO3. The number of rotatable bonds is 2. The van der Waals surface area contributed by atoms with Crippen LogP contribution in [0.5, 0.6) is 5.75 Å². The van der Waals surface area contributed by atoms with Crippen molar-refractivity contribution >= 4 is 34.4 Å². The molecule has 0 spiro atoms. The average molecular weight is 323 g/mol. The highest BCUT2D eigenvalue weighted by Gasteiger charge is 2.22. The minimum atomic E-state index is -0.369. The highest BCUT2D eigenvalue weighted by atomic mass is 79.9. The van der Waals surface area contributed by atoms with Gasteiger partial charge < -0.3 is 14.8 Å². The first-order chi connectivity index (χ1) is 7.70. The van der Waals surface area contributed by atoms with Crippen LogP contribution in [0.4, 0.5) is 4.79 Å².